The van der Waals surface area contributed by atoms with Crippen molar-refractivity contribution in [2.75, 3.05) is 5.73 Å². The Morgan fingerprint density at radius 3 is 2.48 bits per heavy atom. The number of H-pyrrole nitrogens is 1. The lowest BCUT2D eigenvalue weighted by molar-refractivity contribution is -0.203. The van der Waals surface area contributed by atoms with Crippen molar-refractivity contribution < 1.29 is 10.2 Å². The number of hydrogen-bond acceptors (Lipinski definition) is 5. The first kappa shape index (κ1) is 23.6. The highest BCUT2D eigenvalue weighted by molar-refractivity contribution is 5.14. The normalized spacial score (nSPS) is 48.1. The van der Waals surface area contributed by atoms with E-state index < -0.39 is 0 Å². The van der Waals surface area contributed by atoms with Crippen LogP contribution in [0.5, 0.6) is 0 Å². The van der Waals surface area contributed by atoms with Crippen molar-refractivity contribution in [1.29, 1.82) is 0 Å². The Bertz CT molecular complexity index is 844. The van der Waals surface area contributed by atoms with E-state index in [1.807, 2.05) is 0 Å². The Morgan fingerprint density at radius 1 is 1.06 bits per heavy atom. The van der Waals surface area contributed by atoms with Gasteiger partial charge in [-0.1, -0.05) is 34.1 Å². The van der Waals surface area contributed by atoms with Gasteiger partial charge in [0.15, 0.2) is 0 Å². The molecule has 5 N–H and O–H groups in total. The van der Waals surface area contributed by atoms with Gasteiger partial charge in [-0.05, 0) is 104 Å². The van der Waals surface area contributed by atoms with E-state index in [0.29, 0.717) is 52.8 Å². The first-order chi connectivity index (χ1) is 15.7. The van der Waals surface area contributed by atoms with Gasteiger partial charge in [0.2, 0.25) is 5.95 Å². The number of aliphatic hydroxyl groups is 2. The van der Waals surface area contributed by atoms with Crippen molar-refractivity contribution in [3.8, 4) is 0 Å². The van der Waals surface area contributed by atoms with Gasteiger partial charge in [-0.2, -0.15) is 4.98 Å². The van der Waals surface area contributed by atoms with Crippen molar-refractivity contribution in [2.24, 2.45) is 52.3 Å². The van der Waals surface area contributed by atoms with Crippen molar-refractivity contribution in [2.45, 2.75) is 104 Å². The molecule has 0 aliphatic heterocycles. The third kappa shape index (κ3) is 3.65. The minimum absolute atomic E-state index is 0.175. The second-order valence-corrected chi connectivity index (χ2v) is 12.8. The third-order valence-corrected chi connectivity index (χ3v) is 11.5. The number of aliphatic hydroxyl groups excluding tert-OH is 2. The van der Waals surface area contributed by atoms with Crippen LogP contribution in [0.4, 0.5) is 5.95 Å². The molecule has 6 heteroatoms. The van der Waals surface area contributed by atoms with E-state index in [9.17, 15) is 10.2 Å². The van der Waals surface area contributed by atoms with Crippen LogP contribution in [0.25, 0.3) is 0 Å². The number of nitrogens with zero attached hydrogens (tertiary/aromatic N) is 2. The summed E-state index contributed by atoms with van der Waals surface area (Å²) in [7, 11) is 0. The molecule has 5 rings (SSSR count). The van der Waals surface area contributed by atoms with Gasteiger partial charge in [0, 0.05) is 6.42 Å². The molecule has 4 saturated carbocycles. The Hall–Kier alpha value is -1.14. The summed E-state index contributed by atoms with van der Waals surface area (Å²) in [5.41, 5.74) is 6.28. The number of aromatic nitrogens is 3. The molecule has 4 aliphatic carbocycles. The van der Waals surface area contributed by atoms with Crippen LogP contribution in [0.1, 0.15) is 91.3 Å². The molecule has 0 aromatic carbocycles. The van der Waals surface area contributed by atoms with E-state index in [-0.39, 0.29) is 17.6 Å². The number of nitrogens with one attached hydrogen (secondary N) is 1. The molecule has 0 saturated heterocycles. The van der Waals surface area contributed by atoms with Crippen LogP contribution in [0.3, 0.4) is 0 Å². The zero-order valence-electron chi connectivity index (χ0n) is 21.1. The Kier molecular flexibility index (Phi) is 6.09. The molecule has 0 amide bonds. The summed E-state index contributed by atoms with van der Waals surface area (Å²) >= 11 is 0. The topological polar surface area (TPSA) is 108 Å². The van der Waals surface area contributed by atoms with Gasteiger partial charge in [-0.15, -0.1) is 5.10 Å². The Balaban J connectivity index is 1.37. The molecule has 0 spiro atoms. The molecule has 1 heterocycles. The lowest BCUT2D eigenvalue weighted by Gasteiger charge is -2.64. The standard InChI is InChI=1S/C27H46N4O2/c1-5-17-21-14-16(32)10-12-27(21,4)20-11-13-26(3)18(7-8-19(26)23(20)24(17)33)15(2)6-9-22-29-25(28)31-30-22/h15-21,23-24,32-33H,5-14H2,1-4H3,(H3,28,29,30,31)/t15-,16-,17-,18?,19+,20+,21?,23?,24-,26?,27?/m1/s1. The van der Waals surface area contributed by atoms with Crippen LogP contribution >= 0.6 is 0 Å². The second-order valence-electron chi connectivity index (χ2n) is 12.8. The van der Waals surface area contributed by atoms with Crippen LogP contribution in [0, 0.1) is 52.3 Å². The maximum atomic E-state index is 11.8. The number of nitrogens with two attached hydrogens (primary N) is 1. The maximum Gasteiger partial charge on any atom is 0.239 e. The van der Waals surface area contributed by atoms with Gasteiger partial charge in [-0.3, -0.25) is 5.10 Å². The average Bonchev–Trinajstić information content (AvgIpc) is 3.36. The van der Waals surface area contributed by atoms with Crippen LogP contribution in [0.2, 0.25) is 0 Å². The SMILES string of the molecule is CC[C@@H]1C2C[C@H](O)CCC2(C)[C@H]2CCC3(C)C([C@H](C)CCc4nc(N)n[nH]4)CC[C@H]3C2[C@@H]1O. The lowest BCUT2D eigenvalue weighted by atomic mass is 9.41. The number of fused-ring (bicyclic) bond motifs is 5. The fraction of sp³-hybridized carbons (Fsp3) is 0.926. The van der Waals surface area contributed by atoms with E-state index >= 15 is 0 Å². The van der Waals surface area contributed by atoms with E-state index in [1.54, 1.807) is 0 Å². The molecule has 4 aliphatic rings. The quantitative estimate of drug-likeness (QED) is 0.516. The van der Waals surface area contributed by atoms with Gasteiger partial charge >= 0.3 is 0 Å². The van der Waals surface area contributed by atoms with Crippen LogP contribution in [-0.4, -0.2) is 37.6 Å². The first-order valence-electron chi connectivity index (χ1n) is 13.7. The second kappa shape index (κ2) is 8.51. The third-order valence-electron chi connectivity index (χ3n) is 11.5. The number of aryl methyl sites for hydroxylation is 1. The predicted octanol–water partition coefficient (Wildman–Crippen LogP) is 4.58. The largest absolute Gasteiger partial charge is 0.393 e. The molecule has 33 heavy (non-hydrogen) atoms. The zero-order valence-corrected chi connectivity index (χ0v) is 21.1. The summed E-state index contributed by atoms with van der Waals surface area (Å²) < 4.78 is 0. The molecule has 1 aromatic rings. The molecule has 11 atom stereocenters. The van der Waals surface area contributed by atoms with Crippen molar-refractivity contribution in [3.05, 3.63) is 5.82 Å². The molecular weight excluding hydrogens is 412 g/mol. The van der Waals surface area contributed by atoms with E-state index in [1.165, 1.54) is 25.7 Å². The fourth-order valence-corrected chi connectivity index (χ4v) is 9.92. The fourth-order valence-electron chi connectivity index (χ4n) is 9.92. The first-order valence-corrected chi connectivity index (χ1v) is 13.7. The monoisotopic (exact) mass is 458 g/mol. The summed E-state index contributed by atoms with van der Waals surface area (Å²) in [6, 6.07) is 0. The van der Waals surface area contributed by atoms with E-state index in [2.05, 4.69) is 42.9 Å². The van der Waals surface area contributed by atoms with E-state index in [4.69, 9.17) is 5.73 Å². The molecule has 186 valence electrons. The molecule has 0 bridgehead atoms. The minimum Gasteiger partial charge on any atom is -0.393 e. The number of aromatic amines is 1. The maximum absolute atomic E-state index is 11.8. The molecule has 0 radical (unpaired) electrons. The summed E-state index contributed by atoms with van der Waals surface area (Å²) in [5, 5.41) is 29.3. The van der Waals surface area contributed by atoms with Crippen LogP contribution < -0.4 is 5.73 Å². The highest BCUT2D eigenvalue weighted by atomic mass is 16.3. The average molecular weight is 459 g/mol. The van der Waals surface area contributed by atoms with Crippen molar-refractivity contribution in [1.82, 2.24) is 15.2 Å². The highest BCUT2D eigenvalue weighted by Gasteiger charge is 2.64. The smallest absolute Gasteiger partial charge is 0.239 e. The van der Waals surface area contributed by atoms with Crippen molar-refractivity contribution >= 4 is 5.95 Å². The van der Waals surface area contributed by atoms with Gasteiger partial charge in [0.25, 0.3) is 0 Å². The molecule has 5 unspecified atom stereocenters. The van der Waals surface area contributed by atoms with E-state index in [0.717, 1.165) is 44.3 Å². The number of nitrogen functional groups attached to an aromatic ring is 1. The van der Waals surface area contributed by atoms with Gasteiger partial charge in [0.1, 0.15) is 5.82 Å². The number of rotatable bonds is 5. The number of anilines is 1. The zero-order chi connectivity index (χ0) is 23.5. The predicted molar refractivity (Wildman–Crippen MR) is 130 cm³/mol. The minimum atomic E-state index is -0.209. The molecule has 1 aromatic heterocycles. The van der Waals surface area contributed by atoms with Gasteiger partial charge in [-0.25, -0.2) is 0 Å². The van der Waals surface area contributed by atoms with Gasteiger partial charge in [0.05, 0.1) is 12.2 Å². The summed E-state index contributed by atoms with van der Waals surface area (Å²) in [4.78, 5) is 4.30. The van der Waals surface area contributed by atoms with Crippen molar-refractivity contribution in [3.63, 3.8) is 0 Å². The molecule has 6 nitrogen and oxygen atoms in total. The van der Waals surface area contributed by atoms with Crippen LogP contribution in [-0.2, 0) is 6.42 Å². The molecular formula is C27H46N4O2. The van der Waals surface area contributed by atoms with Crippen LogP contribution in [0.15, 0.2) is 0 Å². The van der Waals surface area contributed by atoms with Gasteiger partial charge < -0.3 is 15.9 Å². The summed E-state index contributed by atoms with van der Waals surface area (Å²) in [6.45, 7) is 9.77. The number of hydrogen-bond donors (Lipinski definition) is 4. The summed E-state index contributed by atoms with van der Waals surface area (Å²) in [6.07, 6.45) is 10.7. The Morgan fingerprint density at radius 2 is 1.79 bits per heavy atom. The summed E-state index contributed by atoms with van der Waals surface area (Å²) in [5.74, 6) is 5.02. The molecule has 4 fully saturated rings. The highest BCUT2D eigenvalue weighted by Crippen LogP contribution is 2.69. The lowest BCUT2D eigenvalue weighted by Crippen LogP contribution is -2.62. The Labute approximate surface area is 199 Å².